The molecule has 2 rings (SSSR count). The van der Waals surface area contributed by atoms with Crippen molar-refractivity contribution in [3.05, 3.63) is 35.4 Å². The van der Waals surface area contributed by atoms with Crippen LogP contribution < -0.4 is 5.32 Å². The summed E-state index contributed by atoms with van der Waals surface area (Å²) in [6.45, 7) is -0.225. The monoisotopic (exact) mass is 241 g/mol. The van der Waals surface area contributed by atoms with Gasteiger partial charge in [-0.3, -0.25) is 0 Å². The minimum Gasteiger partial charge on any atom is -0.394 e. The van der Waals surface area contributed by atoms with Gasteiger partial charge in [-0.1, -0.05) is 25.0 Å². The first kappa shape index (κ1) is 12.5. The van der Waals surface area contributed by atoms with Crippen LogP contribution in [0.1, 0.15) is 37.3 Å². The summed E-state index contributed by atoms with van der Waals surface area (Å²) in [5.74, 6) is -1.73. The van der Waals surface area contributed by atoms with Gasteiger partial charge >= 0.3 is 0 Å². The molecule has 4 heteroatoms. The fourth-order valence-electron chi connectivity index (χ4n) is 2.41. The van der Waals surface area contributed by atoms with E-state index in [1.54, 1.807) is 0 Å². The van der Waals surface area contributed by atoms with Crippen molar-refractivity contribution in [2.75, 3.05) is 6.61 Å². The van der Waals surface area contributed by atoms with Crippen molar-refractivity contribution in [3.8, 4) is 0 Å². The van der Waals surface area contributed by atoms with E-state index in [9.17, 15) is 13.9 Å². The van der Waals surface area contributed by atoms with Crippen molar-refractivity contribution in [1.29, 1.82) is 0 Å². The van der Waals surface area contributed by atoms with Crippen LogP contribution in [-0.4, -0.2) is 17.8 Å². The van der Waals surface area contributed by atoms with Crippen LogP contribution in [0.5, 0.6) is 0 Å². The SMILES string of the molecule is OCC(NC1CCCC1)c1cccc(F)c1F. The van der Waals surface area contributed by atoms with Gasteiger partial charge in [-0.2, -0.15) is 0 Å². The van der Waals surface area contributed by atoms with Gasteiger partial charge in [-0.15, -0.1) is 0 Å². The number of nitrogens with one attached hydrogen (secondary N) is 1. The van der Waals surface area contributed by atoms with E-state index in [0.29, 0.717) is 6.04 Å². The number of halogens is 2. The fraction of sp³-hybridized carbons (Fsp3) is 0.538. The van der Waals surface area contributed by atoms with E-state index >= 15 is 0 Å². The van der Waals surface area contributed by atoms with Crippen molar-refractivity contribution in [3.63, 3.8) is 0 Å². The smallest absolute Gasteiger partial charge is 0.163 e. The molecule has 0 amide bonds. The Morgan fingerprint density at radius 2 is 2.00 bits per heavy atom. The van der Waals surface area contributed by atoms with E-state index in [4.69, 9.17) is 0 Å². The Hall–Kier alpha value is -1.00. The number of hydrogen-bond donors (Lipinski definition) is 2. The van der Waals surface area contributed by atoms with Crippen molar-refractivity contribution in [2.24, 2.45) is 0 Å². The summed E-state index contributed by atoms with van der Waals surface area (Å²) >= 11 is 0. The van der Waals surface area contributed by atoms with E-state index in [1.807, 2.05) is 0 Å². The third-order valence-corrected chi connectivity index (χ3v) is 3.33. The average molecular weight is 241 g/mol. The van der Waals surface area contributed by atoms with E-state index in [1.165, 1.54) is 12.1 Å². The summed E-state index contributed by atoms with van der Waals surface area (Å²) in [7, 11) is 0. The second kappa shape index (κ2) is 5.56. The second-order valence-electron chi connectivity index (χ2n) is 4.53. The van der Waals surface area contributed by atoms with Crippen molar-refractivity contribution in [1.82, 2.24) is 5.32 Å². The Morgan fingerprint density at radius 1 is 1.29 bits per heavy atom. The summed E-state index contributed by atoms with van der Waals surface area (Å²) in [6.07, 6.45) is 4.38. The summed E-state index contributed by atoms with van der Waals surface area (Å²) in [4.78, 5) is 0. The van der Waals surface area contributed by atoms with E-state index in [0.717, 1.165) is 31.7 Å². The van der Waals surface area contributed by atoms with Crippen LogP contribution in [0.2, 0.25) is 0 Å². The van der Waals surface area contributed by atoms with Gasteiger partial charge in [0.15, 0.2) is 11.6 Å². The molecule has 1 atom stereocenters. The fourth-order valence-corrected chi connectivity index (χ4v) is 2.41. The normalized spacial score (nSPS) is 18.5. The largest absolute Gasteiger partial charge is 0.394 e. The minimum atomic E-state index is -0.867. The minimum absolute atomic E-state index is 0.208. The van der Waals surface area contributed by atoms with Crippen molar-refractivity contribution < 1.29 is 13.9 Å². The van der Waals surface area contributed by atoms with Gasteiger partial charge < -0.3 is 10.4 Å². The molecule has 0 saturated heterocycles. The zero-order valence-corrected chi connectivity index (χ0v) is 9.63. The molecule has 0 radical (unpaired) electrons. The molecule has 1 aromatic rings. The van der Waals surface area contributed by atoms with Gasteiger partial charge in [0.2, 0.25) is 0 Å². The van der Waals surface area contributed by atoms with E-state index in [-0.39, 0.29) is 12.2 Å². The highest BCUT2D eigenvalue weighted by molar-refractivity contribution is 5.22. The van der Waals surface area contributed by atoms with Crippen LogP contribution in [-0.2, 0) is 0 Å². The number of aliphatic hydroxyl groups is 1. The van der Waals surface area contributed by atoms with E-state index < -0.39 is 17.7 Å². The molecule has 17 heavy (non-hydrogen) atoms. The summed E-state index contributed by atoms with van der Waals surface area (Å²) < 4.78 is 26.7. The lowest BCUT2D eigenvalue weighted by Crippen LogP contribution is -2.33. The molecule has 1 aliphatic carbocycles. The topological polar surface area (TPSA) is 32.3 Å². The number of benzene rings is 1. The Labute approximate surface area is 99.7 Å². The van der Waals surface area contributed by atoms with Crippen LogP contribution >= 0.6 is 0 Å². The third kappa shape index (κ3) is 2.82. The molecular weight excluding hydrogens is 224 g/mol. The van der Waals surface area contributed by atoms with Crippen molar-refractivity contribution in [2.45, 2.75) is 37.8 Å². The Bertz CT molecular complexity index is 378. The Morgan fingerprint density at radius 3 is 2.65 bits per heavy atom. The predicted octanol–water partition coefficient (Wildman–Crippen LogP) is 2.53. The zero-order valence-electron chi connectivity index (χ0n) is 9.63. The predicted molar refractivity (Wildman–Crippen MR) is 61.6 cm³/mol. The van der Waals surface area contributed by atoms with Gasteiger partial charge in [0.05, 0.1) is 12.6 Å². The first-order chi connectivity index (χ1) is 8.22. The highest BCUT2D eigenvalue weighted by Crippen LogP contribution is 2.24. The summed E-state index contributed by atoms with van der Waals surface area (Å²) in [5.41, 5.74) is 0.208. The molecule has 1 unspecified atom stereocenters. The lowest BCUT2D eigenvalue weighted by atomic mass is 10.0. The lowest BCUT2D eigenvalue weighted by Gasteiger charge is -2.22. The molecule has 1 fully saturated rings. The van der Waals surface area contributed by atoms with Crippen LogP contribution in [0.3, 0.4) is 0 Å². The third-order valence-electron chi connectivity index (χ3n) is 3.33. The van der Waals surface area contributed by atoms with Gasteiger partial charge in [0.25, 0.3) is 0 Å². The second-order valence-corrected chi connectivity index (χ2v) is 4.53. The molecule has 0 aromatic heterocycles. The van der Waals surface area contributed by atoms with Crippen molar-refractivity contribution >= 4 is 0 Å². The number of rotatable bonds is 4. The molecule has 0 aliphatic heterocycles. The molecule has 1 aromatic carbocycles. The summed E-state index contributed by atoms with van der Waals surface area (Å²) in [6, 6.07) is 3.85. The molecule has 0 bridgehead atoms. The molecule has 0 spiro atoms. The highest BCUT2D eigenvalue weighted by Gasteiger charge is 2.22. The highest BCUT2D eigenvalue weighted by atomic mass is 19.2. The maximum Gasteiger partial charge on any atom is 0.163 e. The standard InChI is InChI=1S/C13H17F2NO/c14-11-7-3-6-10(13(11)15)12(8-17)16-9-4-1-2-5-9/h3,6-7,9,12,16-17H,1-2,4-5,8H2. The number of aliphatic hydroxyl groups excluding tert-OH is 1. The molecule has 2 N–H and O–H groups in total. The van der Waals surface area contributed by atoms with Gasteiger partial charge in [0.1, 0.15) is 0 Å². The maximum absolute atomic E-state index is 13.6. The van der Waals surface area contributed by atoms with Crippen LogP contribution in [0.25, 0.3) is 0 Å². The van der Waals surface area contributed by atoms with Gasteiger partial charge in [-0.25, -0.2) is 8.78 Å². The maximum atomic E-state index is 13.6. The zero-order chi connectivity index (χ0) is 12.3. The summed E-state index contributed by atoms with van der Waals surface area (Å²) in [5, 5.41) is 12.5. The molecule has 1 saturated carbocycles. The first-order valence-electron chi connectivity index (χ1n) is 6.03. The Kier molecular flexibility index (Phi) is 4.07. The molecule has 2 nitrogen and oxygen atoms in total. The molecular formula is C13H17F2NO. The van der Waals surface area contributed by atoms with Crippen LogP contribution in [0.15, 0.2) is 18.2 Å². The van der Waals surface area contributed by atoms with Crippen LogP contribution in [0.4, 0.5) is 8.78 Å². The average Bonchev–Trinajstić information content (AvgIpc) is 2.83. The van der Waals surface area contributed by atoms with Gasteiger partial charge in [-0.05, 0) is 18.9 Å². The molecule has 0 heterocycles. The Balaban J connectivity index is 2.13. The number of hydrogen-bond acceptors (Lipinski definition) is 2. The van der Waals surface area contributed by atoms with Crippen LogP contribution in [0, 0.1) is 11.6 Å². The molecule has 94 valence electrons. The quantitative estimate of drug-likeness (QED) is 0.849. The van der Waals surface area contributed by atoms with E-state index in [2.05, 4.69) is 5.32 Å². The lowest BCUT2D eigenvalue weighted by molar-refractivity contribution is 0.229. The van der Waals surface area contributed by atoms with Gasteiger partial charge in [0, 0.05) is 11.6 Å². The molecule has 1 aliphatic rings. The first-order valence-corrected chi connectivity index (χ1v) is 6.03.